The van der Waals surface area contributed by atoms with Crippen LogP contribution in [0, 0.1) is 17.8 Å². The highest BCUT2D eigenvalue weighted by atomic mass is 15.1. The standard InChI is InChI=1S/C55H49N/c1-54(2)51-22-12-10-20-48(51)49-29-28-43(33-52(49)54)56(42-26-24-41(25-27-42)55-34-37-30-38(35-55)32-39(31-37)36-55)53-23-13-11-21-50(53)47-19-9-8-18-46(47)45-17-7-6-16-44(45)40-14-4-3-5-15-40/h3-29,33,37-39H,30-32,34-36H2,1-2H3. The van der Waals surface area contributed by atoms with Gasteiger partial charge in [0.15, 0.2) is 0 Å². The molecule has 0 N–H and O–H groups in total. The van der Waals surface area contributed by atoms with E-state index in [1.807, 2.05) is 0 Å². The molecule has 0 aliphatic heterocycles. The van der Waals surface area contributed by atoms with Crippen LogP contribution in [0.4, 0.5) is 17.1 Å². The van der Waals surface area contributed by atoms with Crippen LogP contribution in [0.5, 0.6) is 0 Å². The summed E-state index contributed by atoms with van der Waals surface area (Å²) in [7, 11) is 0. The van der Waals surface area contributed by atoms with Gasteiger partial charge in [-0.05, 0) is 148 Å². The molecule has 5 aliphatic carbocycles. The maximum absolute atomic E-state index is 2.54. The summed E-state index contributed by atoms with van der Waals surface area (Å²) in [6.45, 7) is 4.78. The lowest BCUT2D eigenvalue weighted by Crippen LogP contribution is -2.48. The number of fused-ring (bicyclic) bond motifs is 3. The maximum Gasteiger partial charge on any atom is 0.0540 e. The Balaban J connectivity index is 1.08. The summed E-state index contributed by atoms with van der Waals surface area (Å²) < 4.78 is 0. The lowest BCUT2D eigenvalue weighted by atomic mass is 9.48. The first-order chi connectivity index (χ1) is 27.4. The average molecular weight is 724 g/mol. The zero-order valence-corrected chi connectivity index (χ0v) is 32.6. The molecular formula is C55H49N. The van der Waals surface area contributed by atoms with Crippen LogP contribution in [0.15, 0.2) is 170 Å². The van der Waals surface area contributed by atoms with Gasteiger partial charge in [-0.15, -0.1) is 0 Å². The second-order valence-electron chi connectivity index (χ2n) is 18.0. The van der Waals surface area contributed by atoms with Gasteiger partial charge in [-0.1, -0.05) is 153 Å². The molecule has 12 rings (SSSR count). The molecule has 0 heterocycles. The van der Waals surface area contributed by atoms with E-state index in [1.165, 1.54) is 111 Å². The first-order valence-corrected chi connectivity index (χ1v) is 20.9. The smallest absolute Gasteiger partial charge is 0.0540 e. The van der Waals surface area contributed by atoms with E-state index in [0.717, 1.165) is 17.8 Å². The van der Waals surface area contributed by atoms with Crippen LogP contribution in [0.2, 0.25) is 0 Å². The van der Waals surface area contributed by atoms with Crippen molar-refractivity contribution in [2.45, 2.75) is 63.2 Å². The van der Waals surface area contributed by atoms with Crippen molar-refractivity contribution >= 4 is 17.1 Å². The van der Waals surface area contributed by atoms with Crippen molar-refractivity contribution in [3.05, 3.63) is 187 Å². The molecule has 0 unspecified atom stereocenters. The second kappa shape index (κ2) is 13.0. The quantitative estimate of drug-likeness (QED) is 0.158. The van der Waals surface area contributed by atoms with Gasteiger partial charge in [0, 0.05) is 22.4 Å². The van der Waals surface area contributed by atoms with Gasteiger partial charge in [0.1, 0.15) is 0 Å². The summed E-state index contributed by atoms with van der Waals surface area (Å²) in [6, 6.07) is 63.8. The fourth-order valence-corrected chi connectivity index (χ4v) is 12.1. The SMILES string of the molecule is CC1(C)c2ccccc2-c2ccc(N(c3ccc(C45CC6CC(CC(C6)C4)C5)cc3)c3ccccc3-c3ccccc3-c3ccccc3-c3ccccc3)cc21. The van der Waals surface area contributed by atoms with Gasteiger partial charge in [0.25, 0.3) is 0 Å². The Morgan fingerprint density at radius 3 is 1.55 bits per heavy atom. The number of hydrogen-bond donors (Lipinski definition) is 0. The highest BCUT2D eigenvalue weighted by Gasteiger charge is 2.51. The van der Waals surface area contributed by atoms with Crippen molar-refractivity contribution in [3.63, 3.8) is 0 Å². The average Bonchev–Trinajstić information content (AvgIpc) is 3.46. The van der Waals surface area contributed by atoms with Gasteiger partial charge in [-0.3, -0.25) is 0 Å². The first kappa shape index (κ1) is 33.7. The molecule has 274 valence electrons. The van der Waals surface area contributed by atoms with E-state index in [2.05, 4.69) is 189 Å². The van der Waals surface area contributed by atoms with Gasteiger partial charge in [0.2, 0.25) is 0 Å². The third kappa shape index (κ3) is 5.35. The molecule has 7 aromatic carbocycles. The van der Waals surface area contributed by atoms with Crippen LogP contribution in [0.3, 0.4) is 0 Å². The minimum absolute atomic E-state index is 0.0940. The van der Waals surface area contributed by atoms with Crippen molar-refractivity contribution < 1.29 is 0 Å². The third-order valence-electron chi connectivity index (χ3n) is 14.3. The van der Waals surface area contributed by atoms with E-state index in [0.29, 0.717) is 5.41 Å². The molecule has 7 aromatic rings. The molecule has 0 spiro atoms. The van der Waals surface area contributed by atoms with Gasteiger partial charge in [-0.25, -0.2) is 0 Å². The zero-order chi connectivity index (χ0) is 37.4. The lowest BCUT2D eigenvalue weighted by Gasteiger charge is -2.57. The summed E-state index contributed by atoms with van der Waals surface area (Å²) in [5.74, 6) is 2.78. The number of para-hydroxylation sites is 1. The molecule has 0 aromatic heterocycles. The number of hydrogen-bond acceptors (Lipinski definition) is 1. The fourth-order valence-electron chi connectivity index (χ4n) is 12.1. The van der Waals surface area contributed by atoms with Gasteiger partial charge in [-0.2, -0.15) is 0 Å². The third-order valence-corrected chi connectivity index (χ3v) is 14.3. The molecule has 4 bridgehead atoms. The van der Waals surface area contributed by atoms with E-state index in [9.17, 15) is 0 Å². The van der Waals surface area contributed by atoms with Crippen LogP contribution in [-0.2, 0) is 10.8 Å². The predicted molar refractivity (Wildman–Crippen MR) is 235 cm³/mol. The second-order valence-corrected chi connectivity index (χ2v) is 18.0. The highest BCUT2D eigenvalue weighted by Crippen LogP contribution is 2.61. The van der Waals surface area contributed by atoms with Gasteiger partial charge in [0.05, 0.1) is 5.69 Å². The van der Waals surface area contributed by atoms with Gasteiger partial charge >= 0.3 is 0 Å². The molecule has 56 heavy (non-hydrogen) atoms. The first-order valence-electron chi connectivity index (χ1n) is 20.9. The lowest BCUT2D eigenvalue weighted by molar-refractivity contribution is -0.00518. The highest BCUT2D eigenvalue weighted by molar-refractivity contribution is 5.97. The van der Waals surface area contributed by atoms with Crippen molar-refractivity contribution in [2.24, 2.45) is 17.8 Å². The summed E-state index contributed by atoms with van der Waals surface area (Å²) >= 11 is 0. The summed E-state index contributed by atoms with van der Waals surface area (Å²) in [5, 5.41) is 0. The van der Waals surface area contributed by atoms with E-state index in [-0.39, 0.29) is 5.41 Å². The van der Waals surface area contributed by atoms with Crippen LogP contribution in [0.25, 0.3) is 44.5 Å². The van der Waals surface area contributed by atoms with E-state index in [4.69, 9.17) is 0 Å². The Hall–Kier alpha value is -5.66. The molecular weight excluding hydrogens is 675 g/mol. The summed E-state index contributed by atoms with van der Waals surface area (Å²) in [4.78, 5) is 2.54. The van der Waals surface area contributed by atoms with E-state index in [1.54, 1.807) is 5.56 Å². The fraction of sp³-hybridized carbons (Fsp3) is 0.236. The Bertz CT molecular complexity index is 2560. The molecule has 1 nitrogen and oxygen atoms in total. The monoisotopic (exact) mass is 723 g/mol. The van der Waals surface area contributed by atoms with Crippen LogP contribution >= 0.6 is 0 Å². The minimum Gasteiger partial charge on any atom is -0.310 e. The number of rotatable bonds is 7. The molecule has 1 heteroatoms. The Morgan fingerprint density at radius 1 is 0.411 bits per heavy atom. The summed E-state index contributed by atoms with van der Waals surface area (Å²) in [5.41, 5.74) is 18.4. The molecule has 4 fully saturated rings. The molecule has 0 amide bonds. The number of benzene rings is 7. The zero-order valence-electron chi connectivity index (χ0n) is 32.6. The topological polar surface area (TPSA) is 3.24 Å². The van der Waals surface area contributed by atoms with E-state index >= 15 is 0 Å². The normalized spacial score (nSPS) is 22.4. The van der Waals surface area contributed by atoms with Crippen molar-refractivity contribution in [3.8, 4) is 44.5 Å². The Morgan fingerprint density at radius 2 is 0.893 bits per heavy atom. The minimum atomic E-state index is -0.0940. The number of nitrogens with zero attached hydrogens (tertiary/aromatic N) is 1. The van der Waals surface area contributed by atoms with Crippen molar-refractivity contribution in [1.82, 2.24) is 0 Å². The van der Waals surface area contributed by atoms with Crippen LogP contribution in [0.1, 0.15) is 69.1 Å². The maximum atomic E-state index is 2.54. The molecule has 0 radical (unpaired) electrons. The van der Waals surface area contributed by atoms with Crippen LogP contribution in [-0.4, -0.2) is 0 Å². The Labute approximate surface area is 332 Å². The summed E-state index contributed by atoms with van der Waals surface area (Å²) in [6.07, 6.45) is 8.55. The molecule has 0 atom stereocenters. The van der Waals surface area contributed by atoms with Crippen LogP contribution < -0.4 is 4.90 Å². The molecule has 4 saturated carbocycles. The number of anilines is 3. The van der Waals surface area contributed by atoms with E-state index < -0.39 is 0 Å². The molecule has 0 saturated heterocycles. The predicted octanol–water partition coefficient (Wildman–Crippen LogP) is 14.9. The van der Waals surface area contributed by atoms with Gasteiger partial charge < -0.3 is 4.90 Å². The van der Waals surface area contributed by atoms with Crippen molar-refractivity contribution in [2.75, 3.05) is 4.90 Å². The molecule has 5 aliphatic rings. The Kier molecular flexibility index (Phi) is 7.79. The van der Waals surface area contributed by atoms with Crippen molar-refractivity contribution in [1.29, 1.82) is 0 Å². The largest absolute Gasteiger partial charge is 0.310 e.